The molecular formula is C8H10N2O2. The standard InChI is InChI=1S/C8H10N2O2/c9-8(5-12)7-1-6(4-11)2-10-3-7/h1-4,8,12H,5,9H2. The molecule has 0 amide bonds. The highest BCUT2D eigenvalue weighted by Crippen LogP contribution is 2.08. The minimum Gasteiger partial charge on any atom is -0.394 e. The first-order chi connectivity index (χ1) is 5.77. The highest BCUT2D eigenvalue weighted by atomic mass is 16.3. The zero-order valence-corrected chi connectivity index (χ0v) is 6.47. The van der Waals surface area contributed by atoms with Gasteiger partial charge in [0.15, 0.2) is 6.29 Å². The van der Waals surface area contributed by atoms with Gasteiger partial charge in [-0.05, 0) is 11.6 Å². The lowest BCUT2D eigenvalue weighted by Crippen LogP contribution is -2.14. The topological polar surface area (TPSA) is 76.2 Å². The lowest BCUT2D eigenvalue weighted by atomic mass is 10.1. The first-order valence-electron chi connectivity index (χ1n) is 3.54. The number of aliphatic hydroxyl groups excluding tert-OH is 1. The molecule has 0 aliphatic rings. The molecule has 1 heterocycles. The third kappa shape index (κ3) is 1.87. The van der Waals surface area contributed by atoms with Crippen LogP contribution in [0.2, 0.25) is 0 Å². The van der Waals surface area contributed by atoms with Crippen LogP contribution in [0.25, 0.3) is 0 Å². The molecule has 3 N–H and O–H groups in total. The van der Waals surface area contributed by atoms with E-state index in [2.05, 4.69) is 4.98 Å². The molecule has 1 unspecified atom stereocenters. The second-order valence-electron chi connectivity index (χ2n) is 2.46. The third-order valence-electron chi connectivity index (χ3n) is 1.54. The van der Waals surface area contributed by atoms with Crippen LogP contribution in [0.3, 0.4) is 0 Å². The summed E-state index contributed by atoms with van der Waals surface area (Å²) in [6.45, 7) is -0.149. The van der Waals surface area contributed by atoms with Crippen LogP contribution < -0.4 is 5.73 Å². The molecule has 0 aliphatic carbocycles. The smallest absolute Gasteiger partial charge is 0.151 e. The largest absolute Gasteiger partial charge is 0.394 e. The number of carbonyl (C=O) groups excluding carboxylic acids is 1. The number of nitrogens with two attached hydrogens (primary N) is 1. The maximum absolute atomic E-state index is 10.3. The monoisotopic (exact) mass is 166 g/mol. The van der Waals surface area contributed by atoms with Crippen LogP contribution in [0.4, 0.5) is 0 Å². The fraction of sp³-hybridized carbons (Fsp3) is 0.250. The van der Waals surface area contributed by atoms with Gasteiger partial charge in [0, 0.05) is 18.0 Å². The molecule has 1 aromatic rings. The van der Waals surface area contributed by atoms with Crippen molar-refractivity contribution in [3.05, 3.63) is 29.6 Å². The lowest BCUT2D eigenvalue weighted by Gasteiger charge is -2.06. The highest BCUT2D eigenvalue weighted by Gasteiger charge is 2.04. The van der Waals surface area contributed by atoms with Crippen molar-refractivity contribution in [2.45, 2.75) is 6.04 Å². The van der Waals surface area contributed by atoms with Crippen molar-refractivity contribution in [2.24, 2.45) is 5.73 Å². The van der Waals surface area contributed by atoms with E-state index in [9.17, 15) is 4.79 Å². The first kappa shape index (κ1) is 8.83. The predicted molar refractivity (Wildman–Crippen MR) is 43.6 cm³/mol. The summed E-state index contributed by atoms with van der Waals surface area (Å²) in [5.41, 5.74) is 6.65. The van der Waals surface area contributed by atoms with Crippen molar-refractivity contribution in [1.82, 2.24) is 4.98 Å². The predicted octanol–water partition coefficient (Wildman–Crippen LogP) is -0.114. The maximum Gasteiger partial charge on any atom is 0.151 e. The normalized spacial score (nSPS) is 12.5. The maximum atomic E-state index is 10.3. The number of aldehydes is 1. The van der Waals surface area contributed by atoms with Gasteiger partial charge in [-0.15, -0.1) is 0 Å². The molecule has 64 valence electrons. The van der Waals surface area contributed by atoms with E-state index in [4.69, 9.17) is 10.8 Å². The SMILES string of the molecule is NC(CO)c1cncc(C=O)c1. The summed E-state index contributed by atoms with van der Waals surface area (Å²) in [5.74, 6) is 0. The zero-order chi connectivity index (χ0) is 8.97. The fourth-order valence-corrected chi connectivity index (χ4v) is 0.849. The van der Waals surface area contributed by atoms with E-state index in [1.165, 1.54) is 12.4 Å². The van der Waals surface area contributed by atoms with Crippen LogP contribution in [0.1, 0.15) is 22.0 Å². The molecule has 1 atom stereocenters. The highest BCUT2D eigenvalue weighted by molar-refractivity contribution is 5.74. The number of aromatic nitrogens is 1. The second-order valence-corrected chi connectivity index (χ2v) is 2.46. The van der Waals surface area contributed by atoms with Crippen molar-refractivity contribution in [3.8, 4) is 0 Å². The van der Waals surface area contributed by atoms with Crippen molar-refractivity contribution >= 4 is 6.29 Å². The van der Waals surface area contributed by atoms with E-state index in [1.54, 1.807) is 6.07 Å². The molecule has 0 fully saturated rings. The quantitative estimate of drug-likeness (QED) is 0.614. The number of carbonyl (C=O) groups is 1. The summed E-state index contributed by atoms with van der Waals surface area (Å²) in [5, 5.41) is 8.71. The van der Waals surface area contributed by atoms with Gasteiger partial charge >= 0.3 is 0 Å². The second kappa shape index (κ2) is 3.94. The summed E-state index contributed by atoms with van der Waals surface area (Å²) in [6, 6.07) is 1.15. The summed E-state index contributed by atoms with van der Waals surface area (Å²) in [7, 11) is 0. The lowest BCUT2D eigenvalue weighted by molar-refractivity contribution is 0.112. The Bertz CT molecular complexity index is 276. The molecule has 0 aromatic carbocycles. The molecule has 0 bridgehead atoms. The zero-order valence-electron chi connectivity index (χ0n) is 6.47. The molecule has 0 spiro atoms. The van der Waals surface area contributed by atoms with Crippen molar-refractivity contribution in [1.29, 1.82) is 0 Å². The Kier molecular flexibility index (Phi) is 2.90. The Morgan fingerprint density at radius 2 is 2.42 bits per heavy atom. The average Bonchev–Trinajstić information content (AvgIpc) is 2.17. The van der Waals surface area contributed by atoms with Crippen molar-refractivity contribution in [3.63, 3.8) is 0 Å². The Hall–Kier alpha value is -1.26. The third-order valence-corrected chi connectivity index (χ3v) is 1.54. The van der Waals surface area contributed by atoms with Crippen molar-refractivity contribution < 1.29 is 9.90 Å². The number of rotatable bonds is 3. The Morgan fingerprint density at radius 1 is 1.67 bits per heavy atom. The van der Waals surface area contributed by atoms with Crippen LogP contribution in [0.5, 0.6) is 0 Å². The number of hydrogen-bond donors (Lipinski definition) is 2. The van der Waals surface area contributed by atoms with Crippen LogP contribution in [0, 0.1) is 0 Å². The first-order valence-corrected chi connectivity index (χ1v) is 3.54. The fourth-order valence-electron chi connectivity index (χ4n) is 0.849. The van der Waals surface area contributed by atoms with Gasteiger partial charge in [-0.2, -0.15) is 0 Å². The summed E-state index contributed by atoms with van der Waals surface area (Å²) in [4.78, 5) is 14.1. The summed E-state index contributed by atoms with van der Waals surface area (Å²) < 4.78 is 0. The van der Waals surface area contributed by atoms with E-state index in [0.29, 0.717) is 17.4 Å². The molecule has 0 saturated carbocycles. The molecule has 1 rings (SSSR count). The molecule has 0 aliphatic heterocycles. The molecule has 0 saturated heterocycles. The molecule has 4 nitrogen and oxygen atoms in total. The van der Waals surface area contributed by atoms with Crippen LogP contribution in [0.15, 0.2) is 18.5 Å². The van der Waals surface area contributed by atoms with Crippen LogP contribution in [-0.2, 0) is 0 Å². The van der Waals surface area contributed by atoms with Crippen molar-refractivity contribution in [2.75, 3.05) is 6.61 Å². The van der Waals surface area contributed by atoms with Crippen LogP contribution in [-0.4, -0.2) is 23.0 Å². The van der Waals surface area contributed by atoms with E-state index >= 15 is 0 Å². The van der Waals surface area contributed by atoms with Gasteiger partial charge in [0.1, 0.15) is 0 Å². The van der Waals surface area contributed by atoms with E-state index in [-0.39, 0.29) is 6.61 Å². The number of pyridine rings is 1. The Balaban J connectivity index is 2.93. The summed E-state index contributed by atoms with van der Waals surface area (Å²) in [6.07, 6.45) is 3.68. The summed E-state index contributed by atoms with van der Waals surface area (Å²) >= 11 is 0. The number of hydrogen-bond acceptors (Lipinski definition) is 4. The van der Waals surface area contributed by atoms with Gasteiger partial charge in [-0.1, -0.05) is 0 Å². The number of nitrogens with zero attached hydrogens (tertiary/aromatic N) is 1. The van der Waals surface area contributed by atoms with E-state index < -0.39 is 6.04 Å². The molecule has 1 aromatic heterocycles. The molecule has 0 radical (unpaired) electrons. The van der Waals surface area contributed by atoms with Gasteiger partial charge in [0.05, 0.1) is 12.6 Å². The van der Waals surface area contributed by atoms with Gasteiger partial charge in [0.25, 0.3) is 0 Å². The minimum atomic E-state index is -0.461. The molecular weight excluding hydrogens is 156 g/mol. The van der Waals surface area contributed by atoms with E-state index in [1.807, 2.05) is 0 Å². The average molecular weight is 166 g/mol. The molecule has 4 heteroatoms. The number of aliphatic hydroxyl groups is 1. The van der Waals surface area contributed by atoms with Gasteiger partial charge < -0.3 is 10.8 Å². The van der Waals surface area contributed by atoms with Gasteiger partial charge in [-0.25, -0.2) is 0 Å². The minimum absolute atomic E-state index is 0.149. The molecule has 12 heavy (non-hydrogen) atoms. The Labute approximate surface area is 70.0 Å². The Morgan fingerprint density at radius 3 is 3.00 bits per heavy atom. The van der Waals surface area contributed by atoms with Crippen LogP contribution >= 0.6 is 0 Å². The van der Waals surface area contributed by atoms with E-state index in [0.717, 1.165) is 0 Å². The van der Waals surface area contributed by atoms with Gasteiger partial charge in [0.2, 0.25) is 0 Å². The van der Waals surface area contributed by atoms with Gasteiger partial charge in [-0.3, -0.25) is 9.78 Å².